The highest BCUT2D eigenvalue weighted by Gasteiger charge is 2.45. The van der Waals surface area contributed by atoms with Crippen LogP contribution in [-0.2, 0) is 14.9 Å². The van der Waals surface area contributed by atoms with Gasteiger partial charge < -0.3 is 9.84 Å². The summed E-state index contributed by atoms with van der Waals surface area (Å²) in [6.07, 6.45) is -0.586. The van der Waals surface area contributed by atoms with Crippen molar-refractivity contribution in [3.05, 3.63) is 0 Å². The lowest BCUT2D eigenvalue weighted by Crippen LogP contribution is -2.55. The van der Waals surface area contributed by atoms with Gasteiger partial charge in [0.15, 0.2) is 0 Å². The molecule has 1 aliphatic heterocycles. The highest BCUT2D eigenvalue weighted by atomic mass is 32.2. The molecule has 6 heteroatoms. The van der Waals surface area contributed by atoms with E-state index in [-0.39, 0.29) is 6.61 Å². The van der Waals surface area contributed by atoms with Gasteiger partial charge in [0.1, 0.15) is 5.75 Å². The highest BCUT2D eigenvalue weighted by Crippen LogP contribution is 2.34. The Kier molecular flexibility index (Phi) is 2.44. The molecule has 2 atom stereocenters. The second kappa shape index (κ2) is 2.95. The van der Waals surface area contributed by atoms with Crippen molar-refractivity contribution in [2.45, 2.75) is 13.0 Å². The van der Waals surface area contributed by atoms with Crippen LogP contribution in [0, 0.1) is 5.41 Å². The average Bonchev–Trinajstić information content (AvgIpc) is 1.95. The van der Waals surface area contributed by atoms with Crippen molar-refractivity contribution in [1.29, 1.82) is 0 Å². The van der Waals surface area contributed by atoms with Crippen molar-refractivity contribution in [2.24, 2.45) is 5.41 Å². The normalized spacial score (nSPS) is 36.1. The summed E-state index contributed by atoms with van der Waals surface area (Å²) in [5.74, 6) is -0.440. The minimum atomic E-state index is -4.00. The molecule has 1 saturated heterocycles. The quantitative estimate of drug-likeness (QED) is 0.581. The molecule has 0 aromatic rings. The first-order valence-corrected chi connectivity index (χ1v) is 5.16. The molecule has 1 aliphatic rings. The molecule has 0 spiro atoms. The minimum absolute atomic E-state index is 0.132. The topological polar surface area (TPSA) is 83.8 Å². The molecular weight excluding hydrogens is 184 g/mol. The standard InChI is InChI=1S/C6H12O5S/c1-6(3-7)4-11-5(6)2-12(8,9)10/h5,7H,2-4H2,1H3,(H,8,9,10). The molecule has 12 heavy (non-hydrogen) atoms. The summed E-state index contributed by atoms with van der Waals surface area (Å²) in [6.45, 7) is 1.92. The average molecular weight is 196 g/mol. The Balaban J connectivity index is 2.57. The van der Waals surface area contributed by atoms with Crippen LogP contribution in [-0.4, -0.2) is 43.1 Å². The zero-order valence-electron chi connectivity index (χ0n) is 6.73. The molecule has 1 rings (SSSR count). The van der Waals surface area contributed by atoms with Crippen LogP contribution in [0.15, 0.2) is 0 Å². The highest BCUT2D eigenvalue weighted by molar-refractivity contribution is 7.85. The third-order valence-electron chi connectivity index (χ3n) is 2.11. The van der Waals surface area contributed by atoms with E-state index in [4.69, 9.17) is 14.4 Å². The van der Waals surface area contributed by atoms with Crippen LogP contribution in [0.2, 0.25) is 0 Å². The maximum Gasteiger partial charge on any atom is 0.267 e. The van der Waals surface area contributed by atoms with Gasteiger partial charge in [0.2, 0.25) is 0 Å². The van der Waals surface area contributed by atoms with Gasteiger partial charge in [-0.15, -0.1) is 0 Å². The van der Waals surface area contributed by atoms with Gasteiger partial charge in [0, 0.05) is 5.41 Å². The van der Waals surface area contributed by atoms with Crippen LogP contribution in [0.5, 0.6) is 0 Å². The molecule has 0 aliphatic carbocycles. The van der Waals surface area contributed by atoms with E-state index in [0.717, 1.165) is 0 Å². The molecule has 0 radical (unpaired) electrons. The number of aliphatic hydroxyl groups is 1. The Bertz CT molecular complexity index is 255. The predicted molar refractivity (Wildman–Crippen MR) is 41.3 cm³/mol. The van der Waals surface area contributed by atoms with Gasteiger partial charge in [-0.1, -0.05) is 6.92 Å². The molecule has 72 valence electrons. The first kappa shape index (κ1) is 9.91. The molecule has 2 unspecified atom stereocenters. The van der Waals surface area contributed by atoms with Crippen molar-refractivity contribution in [3.8, 4) is 0 Å². The van der Waals surface area contributed by atoms with Crippen LogP contribution in [0.3, 0.4) is 0 Å². The predicted octanol–water partition coefficient (Wildman–Crippen LogP) is -0.728. The van der Waals surface area contributed by atoms with Gasteiger partial charge in [0.05, 0.1) is 19.3 Å². The Morgan fingerprint density at radius 3 is 2.50 bits per heavy atom. The minimum Gasteiger partial charge on any atom is -0.396 e. The van der Waals surface area contributed by atoms with Crippen molar-refractivity contribution in [2.75, 3.05) is 19.0 Å². The van der Waals surface area contributed by atoms with Gasteiger partial charge in [-0.05, 0) is 0 Å². The van der Waals surface area contributed by atoms with E-state index in [1.165, 1.54) is 0 Å². The maximum atomic E-state index is 10.4. The molecule has 0 amide bonds. The maximum absolute atomic E-state index is 10.4. The molecule has 5 nitrogen and oxygen atoms in total. The fourth-order valence-corrected chi connectivity index (χ4v) is 1.95. The van der Waals surface area contributed by atoms with Crippen LogP contribution in [0.1, 0.15) is 6.92 Å². The van der Waals surface area contributed by atoms with Crippen LogP contribution < -0.4 is 0 Å². The van der Waals surface area contributed by atoms with Gasteiger partial charge in [-0.3, -0.25) is 4.55 Å². The number of rotatable bonds is 3. The van der Waals surface area contributed by atoms with E-state index in [0.29, 0.717) is 6.61 Å². The van der Waals surface area contributed by atoms with Crippen LogP contribution >= 0.6 is 0 Å². The third kappa shape index (κ3) is 1.95. The zero-order chi connectivity index (χ0) is 9.41. The van der Waals surface area contributed by atoms with E-state index in [2.05, 4.69) is 0 Å². The van der Waals surface area contributed by atoms with Crippen LogP contribution in [0.25, 0.3) is 0 Å². The monoisotopic (exact) mass is 196 g/mol. The van der Waals surface area contributed by atoms with Crippen molar-refractivity contribution in [1.82, 2.24) is 0 Å². The lowest BCUT2D eigenvalue weighted by atomic mass is 9.82. The Morgan fingerprint density at radius 1 is 1.67 bits per heavy atom. The summed E-state index contributed by atoms with van der Waals surface area (Å²) < 4.78 is 34.3. The van der Waals surface area contributed by atoms with E-state index < -0.39 is 27.4 Å². The molecule has 2 N–H and O–H groups in total. The molecule has 1 fully saturated rings. The van der Waals surface area contributed by atoms with E-state index in [1.807, 2.05) is 0 Å². The fourth-order valence-electron chi connectivity index (χ4n) is 1.07. The second-order valence-electron chi connectivity index (χ2n) is 3.36. The Morgan fingerprint density at radius 2 is 2.25 bits per heavy atom. The number of hydrogen-bond donors (Lipinski definition) is 2. The molecular formula is C6H12O5S. The lowest BCUT2D eigenvalue weighted by molar-refractivity contribution is -0.183. The number of aliphatic hydroxyl groups excluding tert-OH is 1. The molecule has 0 saturated carbocycles. The van der Waals surface area contributed by atoms with Crippen molar-refractivity contribution < 1.29 is 22.8 Å². The zero-order valence-corrected chi connectivity index (χ0v) is 7.54. The number of hydrogen-bond acceptors (Lipinski definition) is 4. The number of ether oxygens (including phenoxy) is 1. The Labute approximate surface area is 71.1 Å². The first-order valence-electron chi connectivity index (χ1n) is 3.55. The summed E-state index contributed by atoms with van der Waals surface area (Å²) in [4.78, 5) is 0. The van der Waals surface area contributed by atoms with Gasteiger partial charge in [-0.2, -0.15) is 8.42 Å². The largest absolute Gasteiger partial charge is 0.396 e. The van der Waals surface area contributed by atoms with Crippen molar-refractivity contribution in [3.63, 3.8) is 0 Å². The molecule has 0 aromatic carbocycles. The lowest BCUT2D eigenvalue weighted by Gasteiger charge is -2.44. The molecule has 0 aromatic heterocycles. The summed E-state index contributed by atoms with van der Waals surface area (Å²) >= 11 is 0. The molecule has 1 heterocycles. The van der Waals surface area contributed by atoms with Gasteiger partial charge in [0.25, 0.3) is 10.1 Å². The van der Waals surface area contributed by atoms with E-state index >= 15 is 0 Å². The fraction of sp³-hybridized carbons (Fsp3) is 1.00. The smallest absolute Gasteiger partial charge is 0.267 e. The molecule has 0 bridgehead atoms. The first-order chi connectivity index (χ1) is 5.37. The van der Waals surface area contributed by atoms with Crippen LogP contribution in [0.4, 0.5) is 0 Å². The van der Waals surface area contributed by atoms with Gasteiger partial charge in [-0.25, -0.2) is 0 Å². The third-order valence-corrected chi connectivity index (χ3v) is 2.84. The second-order valence-corrected chi connectivity index (χ2v) is 4.86. The summed E-state index contributed by atoms with van der Waals surface area (Å²) in [5.41, 5.74) is -0.518. The summed E-state index contributed by atoms with van der Waals surface area (Å²) in [7, 11) is -4.00. The van der Waals surface area contributed by atoms with Gasteiger partial charge >= 0.3 is 0 Å². The van der Waals surface area contributed by atoms with E-state index in [1.54, 1.807) is 6.92 Å². The SMILES string of the molecule is CC1(CO)COC1CS(=O)(=O)O. The summed E-state index contributed by atoms with van der Waals surface area (Å²) in [5, 5.41) is 8.86. The van der Waals surface area contributed by atoms with E-state index in [9.17, 15) is 8.42 Å². The summed E-state index contributed by atoms with van der Waals surface area (Å²) in [6, 6.07) is 0. The Hall–Kier alpha value is -0.170. The van der Waals surface area contributed by atoms with Crippen molar-refractivity contribution >= 4 is 10.1 Å².